The predicted octanol–water partition coefficient (Wildman–Crippen LogP) is 1.71. The maximum atomic E-state index is 9.95. The number of H-pyrrole nitrogens is 1. The van der Waals surface area contributed by atoms with E-state index in [0.717, 1.165) is 22.2 Å². The summed E-state index contributed by atoms with van der Waals surface area (Å²) in [6.07, 6.45) is 1.52. The monoisotopic (exact) mass is 187 g/mol. The Hall–Kier alpha value is -1.93. The third kappa shape index (κ3) is 1.43. The van der Waals surface area contributed by atoms with Crippen LogP contribution in [-0.2, 0) is 11.3 Å². The molecule has 1 aromatic heterocycles. The molecule has 0 unspecified atom stereocenters. The van der Waals surface area contributed by atoms with Crippen molar-refractivity contribution in [2.45, 2.75) is 13.5 Å². The Morgan fingerprint density at radius 2 is 2.43 bits per heavy atom. The number of hydrogen-bond donors (Lipinski definition) is 1. The second-order valence-electron chi connectivity index (χ2n) is 3.11. The van der Waals surface area contributed by atoms with Crippen LogP contribution in [0.3, 0.4) is 0 Å². The van der Waals surface area contributed by atoms with E-state index >= 15 is 0 Å². The zero-order chi connectivity index (χ0) is 9.97. The fraction of sp³-hybridized carbons (Fsp3) is 0.200. The number of benzene rings is 1. The summed E-state index contributed by atoms with van der Waals surface area (Å²) in [6, 6.07) is 5.80. The summed E-state index contributed by atoms with van der Waals surface area (Å²) >= 11 is 0. The van der Waals surface area contributed by atoms with E-state index in [2.05, 4.69) is 15.2 Å². The third-order valence-electron chi connectivity index (χ3n) is 2.14. The first-order valence-electron chi connectivity index (χ1n) is 4.28. The lowest BCUT2D eigenvalue weighted by Crippen LogP contribution is -1.80. The molecule has 1 aromatic carbocycles. The lowest BCUT2D eigenvalue weighted by molar-refractivity contribution is 0.563. The van der Waals surface area contributed by atoms with Crippen molar-refractivity contribution in [1.29, 1.82) is 0 Å². The van der Waals surface area contributed by atoms with Crippen LogP contribution >= 0.6 is 0 Å². The van der Waals surface area contributed by atoms with Crippen molar-refractivity contribution in [2.24, 2.45) is 4.99 Å². The van der Waals surface area contributed by atoms with E-state index in [1.54, 1.807) is 0 Å². The Morgan fingerprint density at radius 3 is 3.21 bits per heavy atom. The number of aliphatic imine (C=N–C) groups is 1. The molecule has 4 nitrogen and oxygen atoms in total. The summed E-state index contributed by atoms with van der Waals surface area (Å²) in [5, 5.41) is 8.08. The van der Waals surface area contributed by atoms with Gasteiger partial charge in [-0.1, -0.05) is 6.07 Å². The molecule has 0 saturated carbocycles. The minimum atomic E-state index is 0.379. The summed E-state index contributed by atoms with van der Waals surface area (Å²) in [7, 11) is 0. The van der Waals surface area contributed by atoms with Crippen LogP contribution < -0.4 is 0 Å². The molecule has 0 aliphatic rings. The molecule has 0 fully saturated rings. The van der Waals surface area contributed by atoms with E-state index in [1.807, 2.05) is 25.1 Å². The highest BCUT2D eigenvalue weighted by atomic mass is 16.1. The van der Waals surface area contributed by atoms with Gasteiger partial charge in [0.2, 0.25) is 6.08 Å². The molecule has 2 aromatic rings. The fourth-order valence-corrected chi connectivity index (χ4v) is 1.41. The van der Waals surface area contributed by atoms with Gasteiger partial charge < -0.3 is 0 Å². The van der Waals surface area contributed by atoms with Gasteiger partial charge in [-0.15, -0.1) is 0 Å². The second kappa shape index (κ2) is 3.44. The van der Waals surface area contributed by atoms with E-state index in [1.165, 1.54) is 6.08 Å². The zero-order valence-corrected chi connectivity index (χ0v) is 7.74. The highest BCUT2D eigenvalue weighted by Crippen LogP contribution is 2.17. The number of nitrogens with zero attached hydrogens (tertiary/aromatic N) is 2. The van der Waals surface area contributed by atoms with Crippen molar-refractivity contribution in [2.75, 3.05) is 0 Å². The Balaban J connectivity index is 2.48. The van der Waals surface area contributed by atoms with Crippen LogP contribution in [-0.4, -0.2) is 16.3 Å². The molecular weight excluding hydrogens is 178 g/mol. The molecular formula is C10H9N3O. The van der Waals surface area contributed by atoms with Gasteiger partial charge in [-0.05, 0) is 24.6 Å². The molecule has 70 valence electrons. The van der Waals surface area contributed by atoms with E-state index < -0.39 is 0 Å². The first kappa shape index (κ1) is 8.66. The van der Waals surface area contributed by atoms with Gasteiger partial charge in [0.15, 0.2) is 0 Å². The minimum Gasteiger partial charge on any atom is -0.282 e. The average Bonchev–Trinajstić information content (AvgIpc) is 2.57. The SMILES string of the molecule is Cc1[nH]nc2ccc(CN=C=O)cc12. The topological polar surface area (TPSA) is 58.1 Å². The molecule has 0 aliphatic heterocycles. The number of nitrogens with one attached hydrogen (secondary N) is 1. The summed E-state index contributed by atoms with van der Waals surface area (Å²) < 4.78 is 0. The third-order valence-corrected chi connectivity index (χ3v) is 2.14. The number of rotatable bonds is 2. The largest absolute Gasteiger partial charge is 0.282 e. The number of aryl methyl sites for hydroxylation is 1. The van der Waals surface area contributed by atoms with Gasteiger partial charge in [0.1, 0.15) is 0 Å². The standard InChI is InChI=1S/C10H9N3O/c1-7-9-4-8(5-11-6-14)2-3-10(9)13-12-7/h2-4H,5H2,1H3,(H,12,13). The van der Waals surface area contributed by atoms with Crippen molar-refractivity contribution in [3.63, 3.8) is 0 Å². The molecule has 14 heavy (non-hydrogen) atoms. The van der Waals surface area contributed by atoms with Gasteiger partial charge in [-0.2, -0.15) is 5.10 Å². The first-order chi connectivity index (χ1) is 6.81. The quantitative estimate of drug-likeness (QED) is 0.574. The van der Waals surface area contributed by atoms with Gasteiger partial charge in [0.25, 0.3) is 0 Å². The van der Waals surface area contributed by atoms with Crippen LogP contribution in [0.5, 0.6) is 0 Å². The maximum absolute atomic E-state index is 9.95. The maximum Gasteiger partial charge on any atom is 0.235 e. The Kier molecular flexibility index (Phi) is 2.13. The van der Waals surface area contributed by atoms with Crippen molar-refractivity contribution < 1.29 is 4.79 Å². The van der Waals surface area contributed by atoms with E-state index in [0.29, 0.717) is 6.54 Å². The summed E-state index contributed by atoms with van der Waals surface area (Å²) in [6.45, 7) is 2.34. The molecule has 2 rings (SSSR count). The van der Waals surface area contributed by atoms with Gasteiger partial charge in [0, 0.05) is 11.1 Å². The molecule has 1 heterocycles. The molecule has 0 saturated heterocycles. The van der Waals surface area contributed by atoms with E-state index in [9.17, 15) is 4.79 Å². The number of isocyanates is 1. The van der Waals surface area contributed by atoms with Crippen molar-refractivity contribution in [1.82, 2.24) is 10.2 Å². The van der Waals surface area contributed by atoms with Crippen molar-refractivity contribution in [3.05, 3.63) is 29.5 Å². The summed E-state index contributed by atoms with van der Waals surface area (Å²) in [5.41, 5.74) is 2.95. The van der Waals surface area contributed by atoms with Crippen molar-refractivity contribution >= 4 is 17.0 Å². The Morgan fingerprint density at radius 1 is 1.57 bits per heavy atom. The molecule has 0 atom stereocenters. The van der Waals surface area contributed by atoms with Crippen LogP contribution in [0.1, 0.15) is 11.3 Å². The molecule has 0 bridgehead atoms. The van der Waals surface area contributed by atoms with Crippen LogP contribution in [0.2, 0.25) is 0 Å². The molecule has 1 N–H and O–H groups in total. The van der Waals surface area contributed by atoms with Crippen LogP contribution in [0.25, 0.3) is 10.9 Å². The zero-order valence-electron chi connectivity index (χ0n) is 7.74. The van der Waals surface area contributed by atoms with Crippen LogP contribution in [0.4, 0.5) is 0 Å². The highest BCUT2D eigenvalue weighted by molar-refractivity contribution is 5.81. The lowest BCUT2D eigenvalue weighted by Gasteiger charge is -1.95. The average molecular weight is 187 g/mol. The summed E-state index contributed by atoms with van der Waals surface area (Å²) in [5.74, 6) is 0. The highest BCUT2D eigenvalue weighted by Gasteiger charge is 2.01. The summed E-state index contributed by atoms with van der Waals surface area (Å²) in [4.78, 5) is 13.5. The fourth-order valence-electron chi connectivity index (χ4n) is 1.41. The number of hydrogen-bond acceptors (Lipinski definition) is 3. The number of aromatic nitrogens is 2. The minimum absolute atomic E-state index is 0.379. The smallest absolute Gasteiger partial charge is 0.235 e. The second-order valence-corrected chi connectivity index (χ2v) is 3.11. The number of aromatic amines is 1. The lowest BCUT2D eigenvalue weighted by atomic mass is 10.1. The Bertz CT molecular complexity index is 509. The number of carbonyl (C=O) groups excluding carboxylic acids is 1. The molecule has 0 spiro atoms. The van der Waals surface area contributed by atoms with E-state index in [-0.39, 0.29) is 0 Å². The normalized spacial score (nSPS) is 10.1. The predicted molar refractivity (Wildman–Crippen MR) is 52.7 cm³/mol. The van der Waals surface area contributed by atoms with Crippen LogP contribution in [0.15, 0.2) is 23.2 Å². The Labute approximate surface area is 80.7 Å². The van der Waals surface area contributed by atoms with Gasteiger partial charge >= 0.3 is 0 Å². The first-order valence-corrected chi connectivity index (χ1v) is 4.28. The van der Waals surface area contributed by atoms with Gasteiger partial charge in [0.05, 0.1) is 12.1 Å². The molecule has 0 radical (unpaired) electrons. The number of fused-ring (bicyclic) bond motifs is 1. The molecule has 4 heteroatoms. The van der Waals surface area contributed by atoms with Crippen molar-refractivity contribution in [3.8, 4) is 0 Å². The van der Waals surface area contributed by atoms with Crippen LogP contribution in [0, 0.1) is 6.92 Å². The molecule has 0 amide bonds. The molecule has 0 aliphatic carbocycles. The van der Waals surface area contributed by atoms with Gasteiger partial charge in [-0.3, -0.25) is 5.10 Å². The van der Waals surface area contributed by atoms with Gasteiger partial charge in [-0.25, -0.2) is 9.79 Å². The van der Waals surface area contributed by atoms with E-state index in [4.69, 9.17) is 0 Å².